The molecule has 3 rings (SSSR count). The van der Waals surface area contributed by atoms with Crippen LogP contribution in [-0.2, 0) is 13.0 Å². The van der Waals surface area contributed by atoms with Crippen LogP contribution in [0.4, 0.5) is 0 Å². The molecule has 0 spiro atoms. The standard InChI is InChI=1S/C16H24N2/c17-11-14-7-3-9-16(14)18-10-4-8-13-5-1-2-6-15(13)12-18/h1-2,5-6,14,16H,3-4,7-12,17H2. The molecule has 2 unspecified atom stereocenters. The molecule has 1 saturated carbocycles. The van der Waals surface area contributed by atoms with Crippen LogP contribution in [0, 0.1) is 5.92 Å². The summed E-state index contributed by atoms with van der Waals surface area (Å²) in [6.07, 6.45) is 6.59. The van der Waals surface area contributed by atoms with Crippen molar-refractivity contribution >= 4 is 0 Å². The number of aryl methyl sites for hydroxylation is 1. The molecular formula is C16H24N2. The van der Waals surface area contributed by atoms with Gasteiger partial charge in [-0.1, -0.05) is 30.7 Å². The summed E-state index contributed by atoms with van der Waals surface area (Å²) in [5.74, 6) is 0.732. The van der Waals surface area contributed by atoms with Gasteiger partial charge in [-0.05, 0) is 55.8 Å². The number of benzene rings is 1. The molecule has 0 aromatic heterocycles. The quantitative estimate of drug-likeness (QED) is 0.866. The molecule has 1 aromatic carbocycles. The highest BCUT2D eigenvalue weighted by Crippen LogP contribution is 2.32. The van der Waals surface area contributed by atoms with E-state index in [1.807, 2.05) is 0 Å². The highest BCUT2D eigenvalue weighted by atomic mass is 15.2. The van der Waals surface area contributed by atoms with Crippen molar-refractivity contribution in [3.05, 3.63) is 35.4 Å². The van der Waals surface area contributed by atoms with E-state index in [0.29, 0.717) is 0 Å². The van der Waals surface area contributed by atoms with Gasteiger partial charge < -0.3 is 5.73 Å². The Kier molecular flexibility index (Phi) is 3.67. The molecular weight excluding hydrogens is 220 g/mol. The number of hydrogen-bond donors (Lipinski definition) is 1. The Labute approximate surface area is 110 Å². The summed E-state index contributed by atoms with van der Waals surface area (Å²) in [4.78, 5) is 2.70. The molecule has 1 aromatic rings. The Bertz CT molecular complexity index is 402. The van der Waals surface area contributed by atoms with Crippen LogP contribution in [-0.4, -0.2) is 24.0 Å². The molecule has 2 heteroatoms. The van der Waals surface area contributed by atoms with E-state index in [4.69, 9.17) is 5.73 Å². The van der Waals surface area contributed by atoms with E-state index in [2.05, 4.69) is 29.2 Å². The highest BCUT2D eigenvalue weighted by molar-refractivity contribution is 5.28. The first kappa shape index (κ1) is 12.2. The maximum absolute atomic E-state index is 5.94. The van der Waals surface area contributed by atoms with E-state index in [9.17, 15) is 0 Å². The van der Waals surface area contributed by atoms with E-state index in [1.54, 1.807) is 5.56 Å². The number of rotatable bonds is 2. The summed E-state index contributed by atoms with van der Waals surface area (Å²) in [6, 6.07) is 9.69. The molecule has 0 radical (unpaired) electrons. The first-order valence-electron chi connectivity index (χ1n) is 7.39. The molecule has 1 fully saturated rings. The smallest absolute Gasteiger partial charge is 0.0239 e. The van der Waals surface area contributed by atoms with Crippen molar-refractivity contribution in [2.45, 2.75) is 44.7 Å². The predicted molar refractivity (Wildman–Crippen MR) is 75.4 cm³/mol. The zero-order valence-corrected chi connectivity index (χ0v) is 11.1. The normalized spacial score (nSPS) is 28.9. The average molecular weight is 244 g/mol. The second-order valence-corrected chi connectivity index (χ2v) is 5.84. The van der Waals surface area contributed by atoms with Crippen LogP contribution in [0.1, 0.15) is 36.8 Å². The van der Waals surface area contributed by atoms with Gasteiger partial charge in [0.25, 0.3) is 0 Å². The lowest BCUT2D eigenvalue weighted by Gasteiger charge is -2.31. The summed E-state index contributed by atoms with van der Waals surface area (Å²) in [5, 5.41) is 0. The third-order valence-corrected chi connectivity index (χ3v) is 4.77. The second kappa shape index (κ2) is 5.41. The van der Waals surface area contributed by atoms with E-state index in [-0.39, 0.29) is 0 Å². The molecule has 0 bridgehead atoms. The molecule has 2 N–H and O–H groups in total. The first-order chi connectivity index (χ1) is 8.88. The molecule has 2 nitrogen and oxygen atoms in total. The monoisotopic (exact) mass is 244 g/mol. The van der Waals surface area contributed by atoms with Gasteiger partial charge in [-0.25, -0.2) is 0 Å². The SMILES string of the molecule is NCC1CCCC1N1CCCc2ccccc2C1. The van der Waals surface area contributed by atoms with Gasteiger partial charge in [0.2, 0.25) is 0 Å². The maximum atomic E-state index is 5.94. The van der Waals surface area contributed by atoms with Gasteiger partial charge in [0, 0.05) is 12.6 Å². The third kappa shape index (κ3) is 2.32. The van der Waals surface area contributed by atoms with Crippen LogP contribution in [0.15, 0.2) is 24.3 Å². The van der Waals surface area contributed by atoms with E-state index in [1.165, 1.54) is 44.2 Å². The van der Waals surface area contributed by atoms with Gasteiger partial charge in [0.1, 0.15) is 0 Å². The summed E-state index contributed by atoms with van der Waals surface area (Å²) >= 11 is 0. The lowest BCUT2D eigenvalue weighted by atomic mass is 10.0. The number of fused-ring (bicyclic) bond motifs is 1. The summed E-state index contributed by atoms with van der Waals surface area (Å²) in [7, 11) is 0. The van der Waals surface area contributed by atoms with Crippen molar-refractivity contribution in [1.29, 1.82) is 0 Å². The van der Waals surface area contributed by atoms with Crippen molar-refractivity contribution in [3.8, 4) is 0 Å². The molecule has 2 aliphatic rings. The van der Waals surface area contributed by atoms with Crippen molar-refractivity contribution in [3.63, 3.8) is 0 Å². The maximum Gasteiger partial charge on any atom is 0.0239 e. The summed E-state index contributed by atoms with van der Waals surface area (Å²) in [5.41, 5.74) is 9.04. The lowest BCUT2D eigenvalue weighted by Crippen LogP contribution is -2.40. The van der Waals surface area contributed by atoms with Crippen LogP contribution in [0.2, 0.25) is 0 Å². The molecule has 0 saturated heterocycles. The fourth-order valence-electron chi connectivity index (χ4n) is 3.78. The second-order valence-electron chi connectivity index (χ2n) is 5.84. The van der Waals surface area contributed by atoms with Gasteiger partial charge in [-0.15, -0.1) is 0 Å². The summed E-state index contributed by atoms with van der Waals surface area (Å²) in [6.45, 7) is 3.25. The van der Waals surface area contributed by atoms with Crippen molar-refractivity contribution in [2.75, 3.05) is 13.1 Å². The topological polar surface area (TPSA) is 29.3 Å². The molecule has 2 atom stereocenters. The van der Waals surface area contributed by atoms with E-state index in [0.717, 1.165) is 25.0 Å². The molecule has 1 aliphatic heterocycles. The fraction of sp³-hybridized carbons (Fsp3) is 0.625. The van der Waals surface area contributed by atoms with Crippen LogP contribution in [0.3, 0.4) is 0 Å². The van der Waals surface area contributed by atoms with Gasteiger partial charge in [-0.3, -0.25) is 4.90 Å². The number of nitrogens with two attached hydrogens (primary N) is 1. The van der Waals surface area contributed by atoms with Gasteiger partial charge >= 0.3 is 0 Å². The van der Waals surface area contributed by atoms with Gasteiger partial charge in [0.05, 0.1) is 0 Å². The highest BCUT2D eigenvalue weighted by Gasteiger charge is 2.31. The van der Waals surface area contributed by atoms with Crippen molar-refractivity contribution in [2.24, 2.45) is 11.7 Å². The van der Waals surface area contributed by atoms with Crippen LogP contribution >= 0.6 is 0 Å². The Morgan fingerprint density at radius 1 is 1.11 bits per heavy atom. The van der Waals surface area contributed by atoms with Crippen molar-refractivity contribution in [1.82, 2.24) is 4.90 Å². The number of hydrogen-bond acceptors (Lipinski definition) is 2. The Balaban J connectivity index is 1.78. The minimum Gasteiger partial charge on any atom is -0.330 e. The lowest BCUT2D eigenvalue weighted by molar-refractivity contribution is 0.156. The molecule has 18 heavy (non-hydrogen) atoms. The Morgan fingerprint density at radius 3 is 2.78 bits per heavy atom. The third-order valence-electron chi connectivity index (χ3n) is 4.77. The fourth-order valence-corrected chi connectivity index (χ4v) is 3.78. The first-order valence-corrected chi connectivity index (χ1v) is 7.39. The molecule has 1 aliphatic carbocycles. The van der Waals surface area contributed by atoms with Gasteiger partial charge in [-0.2, -0.15) is 0 Å². The largest absolute Gasteiger partial charge is 0.330 e. The molecule has 98 valence electrons. The van der Waals surface area contributed by atoms with Crippen LogP contribution in [0.25, 0.3) is 0 Å². The Hall–Kier alpha value is -0.860. The molecule has 0 amide bonds. The van der Waals surface area contributed by atoms with Crippen molar-refractivity contribution < 1.29 is 0 Å². The average Bonchev–Trinajstić information content (AvgIpc) is 2.77. The predicted octanol–water partition coefficient (Wildman–Crippen LogP) is 2.56. The van der Waals surface area contributed by atoms with E-state index >= 15 is 0 Å². The minimum absolute atomic E-state index is 0.732. The zero-order valence-electron chi connectivity index (χ0n) is 11.1. The zero-order chi connectivity index (χ0) is 12.4. The number of nitrogens with zero attached hydrogens (tertiary/aromatic N) is 1. The summed E-state index contributed by atoms with van der Waals surface area (Å²) < 4.78 is 0. The minimum atomic E-state index is 0.732. The van der Waals surface area contributed by atoms with E-state index < -0.39 is 0 Å². The molecule has 1 heterocycles. The Morgan fingerprint density at radius 2 is 1.94 bits per heavy atom. The van der Waals surface area contributed by atoms with Gasteiger partial charge in [0.15, 0.2) is 0 Å². The van der Waals surface area contributed by atoms with Crippen LogP contribution < -0.4 is 5.73 Å². The van der Waals surface area contributed by atoms with Crippen LogP contribution in [0.5, 0.6) is 0 Å².